The monoisotopic (exact) mass is 465 g/mol. The van der Waals surface area contributed by atoms with Gasteiger partial charge in [-0.25, -0.2) is 9.18 Å². The molecule has 1 unspecified atom stereocenters. The quantitative estimate of drug-likeness (QED) is 0.291. The molecule has 1 atom stereocenters. The highest BCUT2D eigenvalue weighted by atomic mass is 19.1. The van der Waals surface area contributed by atoms with Crippen molar-refractivity contribution < 1.29 is 28.4 Å². The Balaban J connectivity index is 1.74. The fourth-order valence-corrected chi connectivity index (χ4v) is 2.98. The Morgan fingerprint density at radius 1 is 1.00 bits per heavy atom. The number of nitro groups is 1. The molecule has 3 aromatic carbocycles. The van der Waals surface area contributed by atoms with Crippen molar-refractivity contribution in [1.29, 1.82) is 0 Å². The Bertz CT molecular complexity index is 1230. The second-order valence-electron chi connectivity index (χ2n) is 7.21. The van der Waals surface area contributed by atoms with E-state index in [2.05, 4.69) is 10.6 Å². The number of hydrogen-bond donors (Lipinski definition) is 2. The summed E-state index contributed by atoms with van der Waals surface area (Å²) in [5.41, 5.74) is -0.305. The molecule has 0 saturated carbocycles. The number of alkyl carbamates (subject to hydrolysis) is 1. The zero-order valence-corrected chi connectivity index (χ0v) is 18.0. The summed E-state index contributed by atoms with van der Waals surface area (Å²) in [6, 6.07) is 16.2. The van der Waals surface area contributed by atoms with Crippen LogP contribution in [-0.4, -0.2) is 28.7 Å². The van der Waals surface area contributed by atoms with Crippen LogP contribution in [0.15, 0.2) is 72.8 Å². The number of rotatable bonds is 8. The topological polar surface area (TPSA) is 128 Å². The number of carbonyl (C=O) groups excluding carboxylic acids is 3. The first kappa shape index (κ1) is 24.1. The maximum absolute atomic E-state index is 14.1. The smallest absolute Gasteiger partial charge is 0.408 e. The van der Waals surface area contributed by atoms with Gasteiger partial charge in [-0.1, -0.05) is 42.5 Å². The fraction of sp³-hybridized carbons (Fsp3) is 0.125. The molecule has 0 aromatic heterocycles. The molecule has 0 aliphatic carbocycles. The normalized spacial score (nSPS) is 11.2. The minimum Gasteiger partial charge on any atom is -0.445 e. The van der Waals surface area contributed by atoms with Crippen LogP contribution in [0.2, 0.25) is 0 Å². The van der Waals surface area contributed by atoms with Gasteiger partial charge < -0.3 is 15.4 Å². The molecule has 9 nitrogen and oxygen atoms in total. The molecule has 174 valence electrons. The number of hydrogen-bond acceptors (Lipinski definition) is 6. The maximum Gasteiger partial charge on any atom is 0.408 e. The van der Waals surface area contributed by atoms with Crippen LogP contribution in [-0.2, 0) is 16.1 Å². The average Bonchev–Trinajstić information content (AvgIpc) is 2.83. The SMILES string of the molecule is CC(NC(=O)OCc1ccccc1)C(=O)Nc1ccc([N+](=O)[O-])cc1C(=O)c1ccccc1F. The van der Waals surface area contributed by atoms with Crippen molar-refractivity contribution in [2.24, 2.45) is 0 Å². The van der Waals surface area contributed by atoms with Crippen LogP contribution < -0.4 is 10.6 Å². The summed E-state index contributed by atoms with van der Waals surface area (Å²) in [6.07, 6.45) is -0.835. The van der Waals surface area contributed by atoms with Crippen LogP contribution in [0.4, 0.5) is 20.6 Å². The first-order valence-corrected chi connectivity index (χ1v) is 10.1. The van der Waals surface area contributed by atoms with Gasteiger partial charge in [0.15, 0.2) is 5.78 Å². The summed E-state index contributed by atoms with van der Waals surface area (Å²) in [5.74, 6) is -2.37. The molecule has 0 aliphatic heterocycles. The lowest BCUT2D eigenvalue weighted by atomic mass is 10.00. The van der Waals surface area contributed by atoms with E-state index in [4.69, 9.17) is 4.74 Å². The maximum atomic E-state index is 14.1. The molecule has 3 rings (SSSR count). The third-order valence-corrected chi connectivity index (χ3v) is 4.78. The lowest BCUT2D eigenvalue weighted by Crippen LogP contribution is -2.42. The number of ether oxygens (including phenoxy) is 1. The summed E-state index contributed by atoms with van der Waals surface area (Å²) in [5, 5.41) is 16.0. The number of ketones is 1. The van der Waals surface area contributed by atoms with Gasteiger partial charge in [0.1, 0.15) is 18.5 Å². The highest BCUT2D eigenvalue weighted by molar-refractivity contribution is 6.14. The number of non-ortho nitro benzene ring substituents is 1. The number of nitro benzene ring substituents is 1. The van der Waals surface area contributed by atoms with E-state index in [9.17, 15) is 28.9 Å². The lowest BCUT2D eigenvalue weighted by molar-refractivity contribution is -0.384. The van der Waals surface area contributed by atoms with E-state index in [0.29, 0.717) is 0 Å². The van der Waals surface area contributed by atoms with Crippen molar-refractivity contribution in [3.8, 4) is 0 Å². The Kier molecular flexibility index (Phi) is 7.65. The molecule has 34 heavy (non-hydrogen) atoms. The first-order valence-electron chi connectivity index (χ1n) is 10.1. The molecule has 0 aliphatic rings. The third-order valence-electron chi connectivity index (χ3n) is 4.78. The highest BCUT2D eigenvalue weighted by Crippen LogP contribution is 2.26. The predicted octanol–water partition coefficient (Wildman–Crippen LogP) is 4.22. The number of nitrogens with one attached hydrogen (secondary N) is 2. The van der Waals surface area contributed by atoms with Gasteiger partial charge in [-0.2, -0.15) is 0 Å². The number of halogens is 1. The molecule has 3 aromatic rings. The molecule has 10 heteroatoms. The second-order valence-corrected chi connectivity index (χ2v) is 7.21. The molecule has 0 fully saturated rings. The van der Waals surface area contributed by atoms with Crippen molar-refractivity contribution in [3.63, 3.8) is 0 Å². The van der Waals surface area contributed by atoms with Gasteiger partial charge in [0.2, 0.25) is 5.91 Å². The van der Waals surface area contributed by atoms with E-state index in [-0.39, 0.29) is 23.4 Å². The van der Waals surface area contributed by atoms with Crippen LogP contribution in [0.1, 0.15) is 28.4 Å². The Labute approximate surface area is 193 Å². The van der Waals surface area contributed by atoms with Crippen molar-refractivity contribution in [3.05, 3.63) is 105 Å². The molecule has 0 heterocycles. The van der Waals surface area contributed by atoms with E-state index < -0.39 is 40.3 Å². The largest absolute Gasteiger partial charge is 0.445 e. The Morgan fingerprint density at radius 3 is 2.35 bits per heavy atom. The van der Waals surface area contributed by atoms with Gasteiger partial charge in [-0.15, -0.1) is 0 Å². The first-order chi connectivity index (χ1) is 16.3. The number of nitrogens with zero attached hydrogens (tertiary/aromatic N) is 1. The van der Waals surface area contributed by atoms with E-state index in [1.807, 2.05) is 6.07 Å². The molecule has 0 saturated heterocycles. The van der Waals surface area contributed by atoms with E-state index in [1.54, 1.807) is 24.3 Å². The summed E-state index contributed by atoms with van der Waals surface area (Å²) < 4.78 is 19.2. The number of benzene rings is 3. The van der Waals surface area contributed by atoms with Crippen LogP contribution in [0.3, 0.4) is 0 Å². The Hall–Kier alpha value is -4.60. The van der Waals surface area contributed by atoms with Gasteiger partial charge in [-0.05, 0) is 30.7 Å². The van der Waals surface area contributed by atoms with E-state index in [0.717, 1.165) is 23.8 Å². The van der Waals surface area contributed by atoms with E-state index in [1.165, 1.54) is 31.2 Å². The molecule has 0 radical (unpaired) electrons. The number of amides is 2. The van der Waals surface area contributed by atoms with Crippen LogP contribution >= 0.6 is 0 Å². The fourth-order valence-electron chi connectivity index (χ4n) is 2.98. The molecular formula is C24H20FN3O6. The second kappa shape index (κ2) is 10.8. The molecule has 2 N–H and O–H groups in total. The van der Waals surface area contributed by atoms with Crippen LogP contribution in [0.5, 0.6) is 0 Å². The van der Waals surface area contributed by atoms with Crippen molar-refractivity contribution in [2.75, 3.05) is 5.32 Å². The third kappa shape index (κ3) is 6.00. The minimum absolute atomic E-state index is 0.00462. The molecular weight excluding hydrogens is 445 g/mol. The summed E-state index contributed by atoms with van der Waals surface area (Å²) in [7, 11) is 0. The van der Waals surface area contributed by atoms with Crippen molar-refractivity contribution in [2.45, 2.75) is 19.6 Å². The summed E-state index contributed by atoms with van der Waals surface area (Å²) >= 11 is 0. The zero-order valence-electron chi connectivity index (χ0n) is 18.0. The molecule has 0 spiro atoms. The van der Waals surface area contributed by atoms with Gasteiger partial charge in [0.25, 0.3) is 5.69 Å². The number of carbonyl (C=O) groups is 3. The van der Waals surface area contributed by atoms with Gasteiger partial charge in [0.05, 0.1) is 21.7 Å². The van der Waals surface area contributed by atoms with Crippen LogP contribution in [0.25, 0.3) is 0 Å². The predicted molar refractivity (Wildman–Crippen MR) is 121 cm³/mol. The lowest BCUT2D eigenvalue weighted by Gasteiger charge is -2.16. The van der Waals surface area contributed by atoms with Crippen molar-refractivity contribution in [1.82, 2.24) is 5.32 Å². The van der Waals surface area contributed by atoms with E-state index >= 15 is 0 Å². The summed E-state index contributed by atoms with van der Waals surface area (Å²) in [6.45, 7) is 1.40. The Morgan fingerprint density at radius 2 is 1.68 bits per heavy atom. The average molecular weight is 465 g/mol. The molecule has 2 amide bonds. The van der Waals surface area contributed by atoms with Gasteiger partial charge >= 0.3 is 6.09 Å². The highest BCUT2D eigenvalue weighted by Gasteiger charge is 2.23. The van der Waals surface area contributed by atoms with Gasteiger partial charge in [-0.3, -0.25) is 19.7 Å². The van der Waals surface area contributed by atoms with Gasteiger partial charge in [0, 0.05) is 12.1 Å². The minimum atomic E-state index is -1.07. The van der Waals surface area contributed by atoms with Crippen LogP contribution in [0, 0.1) is 15.9 Å². The zero-order chi connectivity index (χ0) is 24.7. The van der Waals surface area contributed by atoms with Crippen molar-refractivity contribution >= 4 is 29.2 Å². The number of anilines is 1. The molecule has 0 bridgehead atoms. The standard InChI is InChI=1S/C24H20FN3O6/c1-15(26-24(31)34-14-16-7-3-2-4-8-16)23(30)27-21-12-11-17(28(32)33)13-19(21)22(29)18-9-5-6-10-20(18)25/h2-13,15H,14H2,1H3,(H,26,31)(H,27,30). The summed E-state index contributed by atoms with van der Waals surface area (Å²) in [4.78, 5) is 48.0.